The average molecular weight is 387 g/mol. The summed E-state index contributed by atoms with van der Waals surface area (Å²) in [7, 11) is 0. The first kappa shape index (κ1) is 19.1. The number of ether oxygens (including phenoxy) is 1. The van der Waals surface area contributed by atoms with E-state index in [0.29, 0.717) is 17.2 Å². The number of anilines is 1. The van der Waals surface area contributed by atoms with Crippen molar-refractivity contribution in [2.24, 2.45) is 0 Å². The van der Waals surface area contributed by atoms with Crippen LogP contribution in [0.4, 0.5) is 5.00 Å². The first-order chi connectivity index (χ1) is 11.1. The molecule has 2 heterocycles. The highest BCUT2D eigenvalue weighted by Gasteiger charge is 2.27. The number of nitrogens with two attached hydrogens (primary N) is 1. The summed E-state index contributed by atoms with van der Waals surface area (Å²) in [5.74, 6) is -0.298. The Morgan fingerprint density at radius 1 is 1.38 bits per heavy atom. The topological polar surface area (TPSA) is 55.6 Å². The number of carbonyl (C=O) groups is 1. The van der Waals surface area contributed by atoms with Gasteiger partial charge in [0.15, 0.2) is 0 Å². The smallest absolute Gasteiger partial charge is 0.341 e. The van der Waals surface area contributed by atoms with Crippen LogP contribution in [0, 0.1) is 0 Å². The second kappa shape index (κ2) is 8.21. The van der Waals surface area contributed by atoms with Crippen molar-refractivity contribution in [2.75, 3.05) is 18.9 Å². The van der Waals surface area contributed by atoms with Crippen LogP contribution in [0.5, 0.6) is 0 Å². The molecule has 0 atom stereocenters. The molecule has 7 heteroatoms. The Morgan fingerprint density at radius 2 is 2.08 bits per heavy atom. The molecule has 3 rings (SSSR count). The first-order valence-corrected chi connectivity index (χ1v) is 8.82. The van der Waals surface area contributed by atoms with Crippen molar-refractivity contribution in [3.63, 3.8) is 0 Å². The minimum atomic E-state index is -0.298. The van der Waals surface area contributed by atoms with E-state index in [1.807, 2.05) is 24.3 Å². The van der Waals surface area contributed by atoms with Gasteiger partial charge in [-0.15, -0.1) is 23.7 Å². The van der Waals surface area contributed by atoms with E-state index in [1.54, 1.807) is 6.92 Å². The van der Waals surface area contributed by atoms with E-state index in [2.05, 4.69) is 4.90 Å². The van der Waals surface area contributed by atoms with Crippen LogP contribution in [0.25, 0.3) is 0 Å². The third-order valence-electron chi connectivity index (χ3n) is 3.96. The number of benzene rings is 1. The molecule has 2 aromatic rings. The predicted molar refractivity (Wildman–Crippen MR) is 101 cm³/mol. The summed E-state index contributed by atoms with van der Waals surface area (Å²) in [6.45, 7) is 4.75. The summed E-state index contributed by atoms with van der Waals surface area (Å²) in [6.07, 6.45) is 0.824. The van der Waals surface area contributed by atoms with Crippen molar-refractivity contribution in [3.8, 4) is 0 Å². The molecule has 0 fully saturated rings. The number of fused-ring (bicyclic) bond motifs is 1. The number of carbonyl (C=O) groups excluding carboxylic acids is 1. The lowest BCUT2D eigenvalue weighted by molar-refractivity contribution is 0.0526. The number of hydrogen-bond donors (Lipinski definition) is 1. The zero-order valence-corrected chi connectivity index (χ0v) is 15.8. The Kier molecular flexibility index (Phi) is 6.52. The van der Waals surface area contributed by atoms with Gasteiger partial charge in [-0.2, -0.15) is 0 Å². The monoisotopic (exact) mass is 386 g/mol. The summed E-state index contributed by atoms with van der Waals surface area (Å²) in [6, 6.07) is 7.91. The van der Waals surface area contributed by atoms with E-state index in [1.165, 1.54) is 21.8 Å². The van der Waals surface area contributed by atoms with Gasteiger partial charge in [0, 0.05) is 29.5 Å². The molecule has 1 aromatic carbocycles. The van der Waals surface area contributed by atoms with E-state index < -0.39 is 0 Å². The van der Waals surface area contributed by atoms with Crippen LogP contribution in [-0.4, -0.2) is 24.0 Å². The van der Waals surface area contributed by atoms with Gasteiger partial charge in [-0.3, -0.25) is 4.90 Å². The largest absolute Gasteiger partial charge is 0.462 e. The maximum absolute atomic E-state index is 12.1. The van der Waals surface area contributed by atoms with Crippen molar-refractivity contribution in [1.29, 1.82) is 0 Å². The predicted octanol–water partition coefficient (Wildman–Crippen LogP) is 4.14. The highest BCUT2D eigenvalue weighted by molar-refractivity contribution is 7.16. The lowest BCUT2D eigenvalue weighted by Crippen LogP contribution is -2.29. The van der Waals surface area contributed by atoms with Crippen LogP contribution in [0.15, 0.2) is 24.3 Å². The first-order valence-electron chi connectivity index (χ1n) is 7.62. The van der Waals surface area contributed by atoms with Crippen LogP contribution in [0.2, 0.25) is 5.02 Å². The van der Waals surface area contributed by atoms with Crippen molar-refractivity contribution in [2.45, 2.75) is 26.4 Å². The molecular formula is C17H20Cl2N2O2S. The highest BCUT2D eigenvalue weighted by atomic mass is 35.5. The quantitative estimate of drug-likeness (QED) is 0.802. The molecule has 0 unspecified atom stereocenters. The Hall–Kier alpha value is -1.27. The molecule has 0 bridgehead atoms. The van der Waals surface area contributed by atoms with Crippen LogP contribution >= 0.6 is 35.3 Å². The van der Waals surface area contributed by atoms with Crippen molar-refractivity contribution in [3.05, 3.63) is 50.9 Å². The highest BCUT2D eigenvalue weighted by Crippen LogP contribution is 2.36. The molecule has 1 aliphatic rings. The fraction of sp³-hybridized carbons (Fsp3) is 0.353. The lowest BCUT2D eigenvalue weighted by atomic mass is 10.0. The van der Waals surface area contributed by atoms with Gasteiger partial charge < -0.3 is 10.5 Å². The Balaban J connectivity index is 0.00000208. The zero-order valence-electron chi connectivity index (χ0n) is 13.4. The number of thiophene rings is 1. The minimum Gasteiger partial charge on any atom is -0.462 e. The molecule has 1 aliphatic heterocycles. The SMILES string of the molecule is CCOC(=O)c1c(N)sc2c1CCN(Cc1ccc(Cl)cc1)C2.Cl. The fourth-order valence-corrected chi connectivity index (χ4v) is 4.16. The van der Waals surface area contributed by atoms with Gasteiger partial charge >= 0.3 is 5.97 Å². The maximum atomic E-state index is 12.1. The van der Waals surface area contributed by atoms with Crippen molar-refractivity contribution < 1.29 is 9.53 Å². The van der Waals surface area contributed by atoms with E-state index in [-0.39, 0.29) is 18.4 Å². The number of rotatable bonds is 4. The molecule has 0 saturated heterocycles. The molecule has 0 amide bonds. The summed E-state index contributed by atoms with van der Waals surface area (Å²) in [5.41, 5.74) is 8.93. The number of halogens is 2. The molecule has 2 N–H and O–H groups in total. The number of nitrogen functional groups attached to an aromatic ring is 1. The Morgan fingerprint density at radius 3 is 2.75 bits per heavy atom. The van der Waals surface area contributed by atoms with E-state index in [4.69, 9.17) is 22.1 Å². The van der Waals surface area contributed by atoms with Gasteiger partial charge in [-0.05, 0) is 36.6 Å². The van der Waals surface area contributed by atoms with Crippen LogP contribution in [0.3, 0.4) is 0 Å². The van der Waals surface area contributed by atoms with Gasteiger partial charge in [0.1, 0.15) is 5.00 Å². The molecule has 0 aliphatic carbocycles. The molecule has 0 radical (unpaired) electrons. The van der Waals surface area contributed by atoms with Crippen molar-refractivity contribution >= 4 is 46.3 Å². The Labute approximate surface area is 157 Å². The average Bonchev–Trinajstić information content (AvgIpc) is 2.85. The molecule has 130 valence electrons. The zero-order chi connectivity index (χ0) is 16.4. The molecule has 0 spiro atoms. The summed E-state index contributed by atoms with van der Waals surface area (Å²) < 4.78 is 5.13. The molecule has 4 nitrogen and oxygen atoms in total. The third-order valence-corrected chi connectivity index (χ3v) is 5.26. The van der Waals surface area contributed by atoms with Crippen LogP contribution in [-0.2, 0) is 24.2 Å². The van der Waals surface area contributed by atoms with E-state index in [0.717, 1.165) is 36.6 Å². The molecule has 0 saturated carbocycles. The molecule has 24 heavy (non-hydrogen) atoms. The van der Waals surface area contributed by atoms with E-state index in [9.17, 15) is 4.79 Å². The molecule has 1 aromatic heterocycles. The van der Waals surface area contributed by atoms with Gasteiger partial charge in [0.05, 0.1) is 12.2 Å². The van der Waals surface area contributed by atoms with Crippen LogP contribution < -0.4 is 5.73 Å². The standard InChI is InChI=1S/C17H19ClN2O2S.ClH/c1-2-22-17(21)15-13-7-8-20(10-14(13)23-16(15)19)9-11-3-5-12(18)6-4-11;/h3-6H,2,7-10,19H2,1H3;1H. The molecular weight excluding hydrogens is 367 g/mol. The summed E-state index contributed by atoms with van der Waals surface area (Å²) >= 11 is 7.43. The summed E-state index contributed by atoms with van der Waals surface area (Å²) in [5, 5.41) is 1.32. The lowest BCUT2D eigenvalue weighted by Gasteiger charge is -2.27. The fourth-order valence-electron chi connectivity index (χ4n) is 2.89. The number of nitrogens with zero attached hydrogens (tertiary/aromatic N) is 1. The van der Waals surface area contributed by atoms with Crippen molar-refractivity contribution in [1.82, 2.24) is 4.90 Å². The number of hydrogen-bond acceptors (Lipinski definition) is 5. The second-order valence-corrected chi connectivity index (χ2v) is 7.12. The third kappa shape index (κ3) is 4.03. The Bertz CT molecular complexity index is 716. The van der Waals surface area contributed by atoms with Crippen LogP contribution in [0.1, 0.15) is 33.3 Å². The van der Waals surface area contributed by atoms with Gasteiger partial charge in [-0.1, -0.05) is 23.7 Å². The van der Waals surface area contributed by atoms with Gasteiger partial charge in [-0.25, -0.2) is 4.79 Å². The maximum Gasteiger partial charge on any atom is 0.341 e. The van der Waals surface area contributed by atoms with Gasteiger partial charge in [0.25, 0.3) is 0 Å². The number of esters is 1. The summed E-state index contributed by atoms with van der Waals surface area (Å²) in [4.78, 5) is 15.6. The minimum absolute atomic E-state index is 0. The van der Waals surface area contributed by atoms with Gasteiger partial charge in [0.2, 0.25) is 0 Å². The normalized spacial score (nSPS) is 13.9. The van der Waals surface area contributed by atoms with E-state index >= 15 is 0 Å². The second-order valence-electron chi connectivity index (χ2n) is 5.55.